The molecule has 0 bridgehead atoms. The fourth-order valence-corrected chi connectivity index (χ4v) is 2.04. The Kier molecular flexibility index (Phi) is 7.41. The summed E-state index contributed by atoms with van der Waals surface area (Å²) in [7, 11) is -3.25. The minimum Gasteiger partial charge on any atom is -0.299 e. The molecule has 0 N–H and O–H groups in total. The van der Waals surface area contributed by atoms with Gasteiger partial charge < -0.3 is 0 Å². The highest BCUT2D eigenvalue weighted by Crippen LogP contribution is 2.47. The van der Waals surface area contributed by atoms with E-state index in [1.54, 1.807) is 0 Å². The molecule has 0 aliphatic heterocycles. The van der Waals surface area contributed by atoms with E-state index in [1.165, 1.54) is 0 Å². The van der Waals surface area contributed by atoms with Crippen molar-refractivity contribution in [2.24, 2.45) is 0 Å². The van der Waals surface area contributed by atoms with Crippen LogP contribution in [0.1, 0.15) is 26.7 Å². The van der Waals surface area contributed by atoms with Gasteiger partial charge in [-0.1, -0.05) is 13.8 Å². The van der Waals surface area contributed by atoms with Gasteiger partial charge in [0.2, 0.25) is 0 Å². The van der Waals surface area contributed by atoms with E-state index in [4.69, 9.17) is 20.6 Å². The Balaban J connectivity index is 4.14. The molecule has 0 aliphatic carbocycles. The molecule has 0 saturated heterocycles. The normalized spacial score (nSPS) is 10.7. The largest absolute Gasteiger partial charge is 0.406 e. The minimum absolute atomic E-state index is 0.368. The third kappa shape index (κ3) is 6.12. The van der Waals surface area contributed by atoms with Crippen LogP contribution in [0.3, 0.4) is 0 Å². The number of hydrogen-bond acceptors (Lipinski definition) is 3. The monoisotopic (exact) mass is 224 g/mol. The maximum atomic E-state index is 11.6. The van der Waals surface area contributed by atoms with Crippen molar-refractivity contribution in [2.75, 3.05) is 13.2 Å². The van der Waals surface area contributed by atoms with Crippen LogP contribution in [0.25, 0.3) is 0 Å². The van der Waals surface area contributed by atoms with Crippen molar-refractivity contribution in [2.45, 2.75) is 26.7 Å². The van der Waals surface area contributed by atoms with Gasteiger partial charge in [0, 0.05) is 11.0 Å². The lowest BCUT2D eigenvalue weighted by molar-refractivity contribution is 0.214. The average molecular weight is 225 g/mol. The van der Waals surface area contributed by atoms with Crippen LogP contribution in [0, 0.1) is 11.0 Å². The summed E-state index contributed by atoms with van der Waals surface area (Å²) in [5.74, 6) is 0. The molecule has 5 heteroatoms. The first-order chi connectivity index (χ1) is 6.18. The summed E-state index contributed by atoms with van der Waals surface area (Å²) >= 11 is 5.15. The van der Waals surface area contributed by atoms with Crippen LogP contribution in [0.2, 0.25) is 0 Å². The van der Waals surface area contributed by atoms with Gasteiger partial charge in [-0.15, -0.1) is 0 Å². The highest BCUT2D eigenvalue weighted by molar-refractivity contribution is 7.59. The zero-order chi connectivity index (χ0) is 10.2. The molecule has 0 heterocycles. The van der Waals surface area contributed by atoms with Gasteiger partial charge in [0.1, 0.15) is 0 Å². The van der Waals surface area contributed by atoms with Crippen molar-refractivity contribution in [3.63, 3.8) is 0 Å². The molecule has 0 rings (SSSR count). The maximum absolute atomic E-state index is 11.6. The van der Waals surface area contributed by atoms with E-state index >= 15 is 0 Å². The fraction of sp³-hybridized carbons (Fsp3) is 0.750. The summed E-state index contributed by atoms with van der Waals surface area (Å²) in [5.41, 5.74) is 2.26. The molecule has 0 atom stereocenters. The van der Waals surface area contributed by atoms with E-state index in [9.17, 15) is 4.57 Å². The minimum atomic E-state index is -3.25. The molecule has 0 saturated carbocycles. The molecule has 0 aromatic rings. The van der Waals surface area contributed by atoms with Gasteiger partial charge in [0.05, 0.1) is 13.2 Å². The van der Waals surface area contributed by atoms with Gasteiger partial charge >= 0.3 is 7.60 Å². The molecule has 0 amide bonds. The van der Waals surface area contributed by atoms with E-state index in [-0.39, 0.29) is 0 Å². The summed E-state index contributed by atoms with van der Waals surface area (Å²) in [5, 5.41) is 2.04. The Morgan fingerprint density at radius 3 is 2.00 bits per heavy atom. The van der Waals surface area contributed by atoms with Gasteiger partial charge in [-0.05, 0) is 24.4 Å². The zero-order valence-electron chi connectivity index (χ0n) is 7.88. The van der Waals surface area contributed by atoms with E-state index in [0.717, 1.165) is 12.8 Å². The third-order valence-electron chi connectivity index (χ3n) is 1.11. The van der Waals surface area contributed by atoms with Crippen LogP contribution in [-0.4, -0.2) is 13.2 Å². The fourth-order valence-electron chi connectivity index (χ4n) is 0.577. The summed E-state index contributed by atoms with van der Waals surface area (Å²) in [6, 6.07) is 0. The van der Waals surface area contributed by atoms with Crippen molar-refractivity contribution in [1.29, 1.82) is 0 Å². The first-order valence-corrected chi connectivity index (χ1v) is 6.12. The molecular formula is C8H14ClO3P. The number of rotatable bonds is 6. The second-order valence-electron chi connectivity index (χ2n) is 2.37. The van der Waals surface area contributed by atoms with Crippen LogP contribution in [0.5, 0.6) is 0 Å². The quantitative estimate of drug-likeness (QED) is 0.513. The lowest BCUT2D eigenvalue weighted by Gasteiger charge is -2.11. The summed E-state index contributed by atoms with van der Waals surface area (Å²) in [4.78, 5) is 0. The van der Waals surface area contributed by atoms with Crippen molar-refractivity contribution in [3.05, 3.63) is 0 Å². The van der Waals surface area contributed by atoms with Crippen LogP contribution in [-0.2, 0) is 13.6 Å². The summed E-state index contributed by atoms with van der Waals surface area (Å²) in [6.45, 7) is 4.57. The Labute approximate surface area is 84.3 Å². The first kappa shape index (κ1) is 13.0. The second-order valence-corrected chi connectivity index (χ2v) is 4.29. The van der Waals surface area contributed by atoms with Crippen molar-refractivity contribution >= 4 is 19.2 Å². The van der Waals surface area contributed by atoms with Crippen LogP contribution in [0.4, 0.5) is 0 Å². The number of hydrogen-bond donors (Lipinski definition) is 0. The molecule has 0 spiro atoms. The lowest BCUT2D eigenvalue weighted by atomic mass is 10.5. The second kappa shape index (κ2) is 7.41. The van der Waals surface area contributed by atoms with Crippen LogP contribution >= 0.6 is 19.2 Å². The predicted octanol–water partition coefficient (Wildman–Crippen LogP) is 3.19. The van der Waals surface area contributed by atoms with E-state index < -0.39 is 7.60 Å². The Morgan fingerprint density at radius 2 is 1.69 bits per heavy atom. The van der Waals surface area contributed by atoms with Crippen molar-refractivity contribution < 1.29 is 13.6 Å². The zero-order valence-corrected chi connectivity index (χ0v) is 9.53. The highest BCUT2D eigenvalue weighted by atomic mass is 35.5. The molecule has 3 nitrogen and oxygen atoms in total. The number of halogens is 1. The average Bonchev–Trinajstić information content (AvgIpc) is 2.12. The molecule has 0 radical (unpaired) electrons. The van der Waals surface area contributed by atoms with Crippen LogP contribution < -0.4 is 0 Å². The molecule has 0 aromatic carbocycles. The predicted molar refractivity (Wildman–Crippen MR) is 53.7 cm³/mol. The Hall–Kier alpha value is -0.0000000000000000208. The third-order valence-corrected chi connectivity index (χ3v) is 2.77. The summed E-state index contributed by atoms with van der Waals surface area (Å²) in [6.07, 6.45) is 1.53. The van der Waals surface area contributed by atoms with Gasteiger partial charge in [0.25, 0.3) is 0 Å². The molecule has 0 unspecified atom stereocenters. The van der Waals surface area contributed by atoms with E-state index in [2.05, 4.69) is 5.66 Å². The first-order valence-electron chi connectivity index (χ1n) is 4.20. The van der Waals surface area contributed by atoms with Gasteiger partial charge in [-0.25, -0.2) is 4.57 Å². The van der Waals surface area contributed by atoms with Gasteiger partial charge in [-0.3, -0.25) is 9.05 Å². The highest BCUT2D eigenvalue weighted by Gasteiger charge is 2.20. The Bertz CT molecular complexity index is 219. The molecule has 0 aliphatic rings. The van der Waals surface area contributed by atoms with E-state index in [1.807, 2.05) is 19.2 Å². The molecule has 0 fully saturated rings. The molecule has 13 heavy (non-hydrogen) atoms. The standard InChI is InChI=1S/C8H14ClO3P/c1-3-6-11-13(10,8-5-9)12-7-4-2/h3-4,6-7H2,1-2H3. The van der Waals surface area contributed by atoms with E-state index in [0.29, 0.717) is 13.2 Å². The molecule has 0 aromatic heterocycles. The van der Waals surface area contributed by atoms with Gasteiger partial charge in [-0.2, -0.15) is 0 Å². The van der Waals surface area contributed by atoms with Crippen molar-refractivity contribution in [3.8, 4) is 11.0 Å². The lowest BCUT2D eigenvalue weighted by Crippen LogP contribution is -1.96. The molecule has 76 valence electrons. The topological polar surface area (TPSA) is 35.5 Å². The summed E-state index contributed by atoms with van der Waals surface area (Å²) < 4.78 is 21.6. The van der Waals surface area contributed by atoms with Gasteiger partial charge in [0.15, 0.2) is 0 Å². The van der Waals surface area contributed by atoms with Crippen LogP contribution in [0.15, 0.2) is 0 Å². The molecular weight excluding hydrogens is 211 g/mol. The Morgan fingerprint density at radius 1 is 1.23 bits per heavy atom. The SMILES string of the molecule is CCCOP(=O)(C#CCl)OCCC. The van der Waals surface area contributed by atoms with Crippen molar-refractivity contribution in [1.82, 2.24) is 0 Å². The maximum Gasteiger partial charge on any atom is 0.406 e. The smallest absolute Gasteiger partial charge is 0.299 e.